The Bertz CT molecular complexity index is 960. The van der Waals surface area contributed by atoms with E-state index < -0.39 is 6.04 Å². The van der Waals surface area contributed by atoms with Gasteiger partial charge in [0.05, 0.1) is 0 Å². The van der Waals surface area contributed by atoms with Crippen molar-refractivity contribution in [1.82, 2.24) is 15.2 Å². The summed E-state index contributed by atoms with van der Waals surface area (Å²) in [4.78, 5) is 32.3. The third kappa shape index (κ3) is 6.51. The second kappa shape index (κ2) is 11.1. The van der Waals surface area contributed by atoms with Crippen LogP contribution in [0.5, 0.6) is 0 Å². The van der Waals surface area contributed by atoms with E-state index in [2.05, 4.69) is 10.3 Å². The van der Waals surface area contributed by atoms with Gasteiger partial charge in [-0.25, -0.2) is 0 Å². The number of hydrogen-bond acceptors (Lipinski definition) is 3. The van der Waals surface area contributed by atoms with E-state index in [1.54, 1.807) is 17.3 Å². The molecule has 1 atom stereocenters. The van der Waals surface area contributed by atoms with E-state index in [9.17, 15) is 9.59 Å². The molecule has 0 aliphatic rings. The maximum atomic E-state index is 13.4. The van der Waals surface area contributed by atoms with Crippen molar-refractivity contribution in [3.8, 4) is 0 Å². The fourth-order valence-electron chi connectivity index (χ4n) is 3.44. The van der Waals surface area contributed by atoms with Crippen LogP contribution >= 0.6 is 0 Å². The van der Waals surface area contributed by atoms with Crippen LogP contribution in [0.15, 0.2) is 85.2 Å². The molecule has 0 aliphatic heterocycles. The first-order valence-corrected chi connectivity index (χ1v) is 10.6. The maximum absolute atomic E-state index is 13.4. The first kappa shape index (κ1) is 22.2. The zero-order chi connectivity index (χ0) is 22.1. The predicted molar refractivity (Wildman–Crippen MR) is 122 cm³/mol. The standard InChI is InChI=1S/C26H29N3O2/c1-20(2)26(31)29(19-23-11-7-4-8-12-23)24(17-21-9-5-3-6-10-21)25(30)28-18-22-13-15-27-16-14-22/h3-16,20,24H,17-19H2,1-2H3,(H,28,30). The Hall–Kier alpha value is -3.47. The van der Waals surface area contributed by atoms with Crippen LogP contribution in [0.1, 0.15) is 30.5 Å². The molecule has 3 aromatic rings. The molecule has 1 unspecified atom stereocenters. The summed E-state index contributed by atoms with van der Waals surface area (Å²) in [6.07, 6.45) is 3.86. The molecule has 0 fully saturated rings. The molecule has 5 heteroatoms. The SMILES string of the molecule is CC(C)C(=O)N(Cc1ccccc1)C(Cc1ccccc1)C(=O)NCc1ccncc1. The van der Waals surface area contributed by atoms with Gasteiger partial charge in [-0.05, 0) is 28.8 Å². The Labute approximate surface area is 184 Å². The highest BCUT2D eigenvalue weighted by Crippen LogP contribution is 2.17. The number of carbonyl (C=O) groups is 2. The Morgan fingerprint density at radius 2 is 1.42 bits per heavy atom. The number of amides is 2. The molecule has 2 aromatic carbocycles. The van der Waals surface area contributed by atoms with Gasteiger partial charge < -0.3 is 10.2 Å². The Morgan fingerprint density at radius 1 is 0.839 bits per heavy atom. The maximum Gasteiger partial charge on any atom is 0.243 e. The van der Waals surface area contributed by atoms with Crippen LogP contribution < -0.4 is 5.32 Å². The minimum atomic E-state index is -0.612. The topological polar surface area (TPSA) is 62.3 Å². The molecule has 0 spiro atoms. The van der Waals surface area contributed by atoms with Crippen molar-refractivity contribution in [2.75, 3.05) is 0 Å². The number of hydrogen-bond donors (Lipinski definition) is 1. The van der Waals surface area contributed by atoms with Crippen molar-refractivity contribution < 1.29 is 9.59 Å². The lowest BCUT2D eigenvalue weighted by molar-refractivity contribution is -0.143. The summed E-state index contributed by atoms with van der Waals surface area (Å²) in [6.45, 7) is 4.52. The van der Waals surface area contributed by atoms with Crippen LogP contribution in [0.2, 0.25) is 0 Å². The lowest BCUT2D eigenvalue weighted by atomic mass is 10.0. The number of aromatic nitrogens is 1. The van der Waals surface area contributed by atoms with Crippen molar-refractivity contribution in [1.29, 1.82) is 0 Å². The predicted octanol–water partition coefficient (Wildman–Crippen LogP) is 3.99. The van der Waals surface area contributed by atoms with Crippen LogP contribution in [0, 0.1) is 5.92 Å². The van der Waals surface area contributed by atoms with E-state index in [1.165, 1.54) is 0 Å². The summed E-state index contributed by atoms with van der Waals surface area (Å²) in [6, 6.07) is 22.8. The molecular weight excluding hydrogens is 386 g/mol. The molecule has 5 nitrogen and oxygen atoms in total. The van der Waals surface area contributed by atoms with E-state index in [4.69, 9.17) is 0 Å². The van der Waals surface area contributed by atoms with Crippen molar-refractivity contribution in [2.45, 2.75) is 39.4 Å². The molecule has 3 rings (SSSR count). The minimum absolute atomic E-state index is 0.0381. The Morgan fingerprint density at radius 3 is 2.00 bits per heavy atom. The summed E-state index contributed by atoms with van der Waals surface area (Å²) in [7, 11) is 0. The summed E-state index contributed by atoms with van der Waals surface area (Å²) < 4.78 is 0. The quantitative estimate of drug-likeness (QED) is 0.575. The van der Waals surface area contributed by atoms with Crippen LogP contribution in [0.25, 0.3) is 0 Å². The van der Waals surface area contributed by atoms with E-state index in [1.807, 2.05) is 86.6 Å². The van der Waals surface area contributed by atoms with Crippen LogP contribution in [0.4, 0.5) is 0 Å². The first-order valence-electron chi connectivity index (χ1n) is 10.6. The fraction of sp³-hybridized carbons (Fsp3) is 0.269. The van der Waals surface area contributed by atoms with Gasteiger partial charge in [-0.15, -0.1) is 0 Å². The highest BCUT2D eigenvalue weighted by Gasteiger charge is 2.31. The van der Waals surface area contributed by atoms with E-state index in [0.29, 0.717) is 19.5 Å². The summed E-state index contributed by atoms with van der Waals surface area (Å²) in [5, 5.41) is 3.02. The van der Waals surface area contributed by atoms with E-state index in [-0.39, 0.29) is 17.7 Å². The molecule has 0 aliphatic carbocycles. The fourth-order valence-corrected chi connectivity index (χ4v) is 3.44. The third-order valence-corrected chi connectivity index (χ3v) is 5.14. The number of nitrogens with zero attached hydrogens (tertiary/aromatic N) is 2. The van der Waals surface area contributed by atoms with Gasteiger partial charge in [0, 0.05) is 37.8 Å². The normalized spacial score (nSPS) is 11.7. The summed E-state index contributed by atoms with van der Waals surface area (Å²) in [5.74, 6) is -0.413. The highest BCUT2D eigenvalue weighted by atomic mass is 16.2. The van der Waals surface area contributed by atoms with Gasteiger partial charge >= 0.3 is 0 Å². The number of carbonyl (C=O) groups excluding carboxylic acids is 2. The second-order valence-corrected chi connectivity index (χ2v) is 7.89. The Balaban J connectivity index is 1.88. The largest absolute Gasteiger partial charge is 0.350 e. The zero-order valence-corrected chi connectivity index (χ0v) is 18.1. The lowest BCUT2D eigenvalue weighted by Gasteiger charge is -2.32. The molecule has 1 heterocycles. The van der Waals surface area contributed by atoms with E-state index >= 15 is 0 Å². The second-order valence-electron chi connectivity index (χ2n) is 7.89. The average molecular weight is 416 g/mol. The van der Waals surface area contributed by atoms with Gasteiger partial charge in [0.1, 0.15) is 6.04 Å². The van der Waals surface area contributed by atoms with Gasteiger partial charge in [0.25, 0.3) is 0 Å². The number of nitrogens with one attached hydrogen (secondary N) is 1. The molecule has 0 saturated carbocycles. The van der Waals surface area contributed by atoms with Crippen LogP contribution in [-0.4, -0.2) is 27.7 Å². The first-order chi connectivity index (χ1) is 15.0. The molecule has 2 amide bonds. The van der Waals surface area contributed by atoms with Crippen molar-refractivity contribution in [3.05, 3.63) is 102 Å². The van der Waals surface area contributed by atoms with Gasteiger partial charge in [0.2, 0.25) is 11.8 Å². The lowest BCUT2D eigenvalue weighted by Crippen LogP contribution is -2.51. The molecule has 1 aromatic heterocycles. The zero-order valence-electron chi connectivity index (χ0n) is 18.1. The average Bonchev–Trinajstić information content (AvgIpc) is 2.81. The molecule has 0 bridgehead atoms. The van der Waals surface area contributed by atoms with Crippen LogP contribution in [-0.2, 0) is 29.1 Å². The van der Waals surface area contributed by atoms with Gasteiger partial charge in [0.15, 0.2) is 0 Å². The van der Waals surface area contributed by atoms with Gasteiger partial charge in [-0.1, -0.05) is 74.5 Å². The summed E-state index contributed by atoms with van der Waals surface area (Å²) >= 11 is 0. The van der Waals surface area contributed by atoms with Crippen molar-refractivity contribution >= 4 is 11.8 Å². The van der Waals surface area contributed by atoms with Crippen molar-refractivity contribution in [2.24, 2.45) is 5.92 Å². The van der Waals surface area contributed by atoms with E-state index in [0.717, 1.165) is 16.7 Å². The van der Waals surface area contributed by atoms with Gasteiger partial charge in [-0.2, -0.15) is 0 Å². The molecular formula is C26H29N3O2. The smallest absolute Gasteiger partial charge is 0.243 e. The molecule has 31 heavy (non-hydrogen) atoms. The third-order valence-electron chi connectivity index (χ3n) is 5.14. The Kier molecular flexibility index (Phi) is 7.93. The van der Waals surface area contributed by atoms with Gasteiger partial charge in [-0.3, -0.25) is 14.6 Å². The monoisotopic (exact) mass is 415 g/mol. The molecule has 160 valence electrons. The molecule has 0 saturated heterocycles. The molecule has 0 radical (unpaired) electrons. The minimum Gasteiger partial charge on any atom is -0.350 e. The summed E-state index contributed by atoms with van der Waals surface area (Å²) in [5.41, 5.74) is 2.98. The highest BCUT2D eigenvalue weighted by molar-refractivity contribution is 5.88. The molecule has 1 N–H and O–H groups in total. The van der Waals surface area contributed by atoms with Crippen LogP contribution in [0.3, 0.4) is 0 Å². The number of pyridine rings is 1. The number of rotatable bonds is 9. The number of benzene rings is 2. The van der Waals surface area contributed by atoms with Crippen molar-refractivity contribution in [3.63, 3.8) is 0 Å².